The highest BCUT2D eigenvalue weighted by molar-refractivity contribution is 5.96. The van der Waals surface area contributed by atoms with Crippen molar-refractivity contribution in [3.63, 3.8) is 0 Å². The maximum Gasteiger partial charge on any atom is 0.257 e. The molecular weight excluding hydrogens is 364 g/mol. The van der Waals surface area contributed by atoms with Crippen LogP contribution in [-0.4, -0.2) is 45.0 Å². The Labute approximate surface area is 160 Å². The van der Waals surface area contributed by atoms with E-state index >= 15 is 0 Å². The summed E-state index contributed by atoms with van der Waals surface area (Å²) in [6.07, 6.45) is 2.92. The van der Waals surface area contributed by atoms with Gasteiger partial charge in [-0.2, -0.15) is 4.98 Å². The quantitative estimate of drug-likeness (QED) is 0.648. The van der Waals surface area contributed by atoms with E-state index < -0.39 is 11.9 Å². The van der Waals surface area contributed by atoms with E-state index in [2.05, 4.69) is 30.2 Å². The van der Waals surface area contributed by atoms with Crippen molar-refractivity contribution in [1.29, 1.82) is 0 Å². The molecule has 10 nitrogen and oxygen atoms in total. The first-order chi connectivity index (χ1) is 13.5. The van der Waals surface area contributed by atoms with Crippen molar-refractivity contribution >= 4 is 5.91 Å². The predicted molar refractivity (Wildman–Crippen MR) is 99.1 cm³/mol. The van der Waals surface area contributed by atoms with E-state index in [0.717, 1.165) is 0 Å². The molecule has 0 bridgehead atoms. The van der Waals surface area contributed by atoms with Gasteiger partial charge in [-0.3, -0.25) is 9.59 Å². The van der Waals surface area contributed by atoms with Crippen LogP contribution < -0.4 is 20.3 Å². The minimum Gasteiger partial charge on any atom is -0.481 e. The van der Waals surface area contributed by atoms with Crippen LogP contribution in [-0.2, 0) is 0 Å². The van der Waals surface area contributed by atoms with Crippen LogP contribution in [0.25, 0.3) is 11.4 Å². The lowest BCUT2D eigenvalue weighted by atomic mass is 10.2. The molecule has 0 saturated heterocycles. The van der Waals surface area contributed by atoms with Gasteiger partial charge < -0.3 is 19.8 Å². The van der Waals surface area contributed by atoms with E-state index in [4.69, 9.17) is 9.47 Å². The second-order valence-electron chi connectivity index (χ2n) is 5.72. The van der Waals surface area contributed by atoms with Crippen LogP contribution in [0.2, 0.25) is 0 Å². The normalized spacial score (nSPS) is 11.5. The van der Waals surface area contributed by atoms with Crippen molar-refractivity contribution in [2.75, 3.05) is 14.2 Å². The number of aromatic amines is 1. The molecule has 1 unspecified atom stereocenters. The molecule has 28 heavy (non-hydrogen) atoms. The fraction of sp³-hybridized carbons (Fsp3) is 0.222. The summed E-state index contributed by atoms with van der Waals surface area (Å²) in [5.74, 6) is 0.301. The monoisotopic (exact) mass is 382 g/mol. The number of carbonyl (C=O) groups is 1. The highest BCUT2D eigenvalue weighted by Crippen LogP contribution is 2.21. The zero-order chi connectivity index (χ0) is 20.1. The van der Waals surface area contributed by atoms with Gasteiger partial charge in [0.2, 0.25) is 11.8 Å². The number of aromatic nitrogens is 5. The lowest BCUT2D eigenvalue weighted by Gasteiger charge is -2.15. The second-order valence-corrected chi connectivity index (χ2v) is 5.72. The van der Waals surface area contributed by atoms with Crippen molar-refractivity contribution in [3.8, 4) is 23.1 Å². The summed E-state index contributed by atoms with van der Waals surface area (Å²) in [5, 5.41) is 2.77. The van der Waals surface area contributed by atoms with E-state index in [1.807, 2.05) is 0 Å². The van der Waals surface area contributed by atoms with Gasteiger partial charge >= 0.3 is 0 Å². The zero-order valence-electron chi connectivity index (χ0n) is 15.5. The molecule has 3 rings (SSSR count). The lowest BCUT2D eigenvalue weighted by Crippen LogP contribution is -2.30. The molecule has 0 saturated carbocycles. The summed E-state index contributed by atoms with van der Waals surface area (Å²) in [6, 6.07) is 5.48. The molecule has 0 aromatic carbocycles. The average molecular weight is 382 g/mol. The van der Waals surface area contributed by atoms with Crippen molar-refractivity contribution in [2.24, 2.45) is 0 Å². The van der Waals surface area contributed by atoms with E-state index in [1.54, 1.807) is 31.3 Å². The number of nitrogens with zero attached hydrogens (tertiary/aromatic N) is 4. The molecule has 10 heteroatoms. The highest BCUT2D eigenvalue weighted by Gasteiger charge is 2.19. The molecule has 0 spiro atoms. The van der Waals surface area contributed by atoms with Crippen LogP contribution in [0.5, 0.6) is 11.8 Å². The third-order valence-corrected chi connectivity index (χ3v) is 3.84. The Morgan fingerprint density at radius 2 is 1.96 bits per heavy atom. The summed E-state index contributed by atoms with van der Waals surface area (Å²) >= 11 is 0. The number of ether oxygens (including phenoxy) is 2. The molecule has 2 N–H and O–H groups in total. The largest absolute Gasteiger partial charge is 0.481 e. The smallest absolute Gasteiger partial charge is 0.257 e. The fourth-order valence-corrected chi connectivity index (χ4v) is 2.46. The van der Waals surface area contributed by atoms with Gasteiger partial charge in [-0.25, -0.2) is 15.0 Å². The van der Waals surface area contributed by atoms with Crippen LogP contribution in [0, 0.1) is 0 Å². The Balaban J connectivity index is 1.85. The molecule has 1 atom stereocenters. The molecule has 1 amide bonds. The maximum atomic E-state index is 12.6. The minimum absolute atomic E-state index is 0.125. The van der Waals surface area contributed by atoms with Crippen molar-refractivity contribution in [3.05, 3.63) is 58.5 Å². The molecule has 0 fully saturated rings. The first kappa shape index (κ1) is 19.0. The van der Waals surface area contributed by atoms with Gasteiger partial charge in [0.25, 0.3) is 11.5 Å². The van der Waals surface area contributed by atoms with E-state index in [0.29, 0.717) is 17.3 Å². The zero-order valence-corrected chi connectivity index (χ0v) is 15.5. The molecule has 0 aliphatic carbocycles. The van der Waals surface area contributed by atoms with Crippen molar-refractivity contribution in [2.45, 2.75) is 13.0 Å². The van der Waals surface area contributed by atoms with Crippen LogP contribution in [0.3, 0.4) is 0 Å². The number of hydrogen-bond acceptors (Lipinski definition) is 8. The van der Waals surface area contributed by atoms with Gasteiger partial charge in [0.15, 0.2) is 0 Å². The van der Waals surface area contributed by atoms with Crippen LogP contribution in [0.1, 0.15) is 29.1 Å². The summed E-state index contributed by atoms with van der Waals surface area (Å²) in [7, 11) is 2.88. The molecule has 0 radical (unpaired) electrons. The Kier molecular flexibility index (Phi) is 5.58. The Morgan fingerprint density at radius 3 is 2.64 bits per heavy atom. The standard InChI is InChI=1S/C18H18N6O4/c1-10(21-17(26)11-4-5-15(27-2)24-18(11)28-3)16-22-13(8-14(25)23-16)12-6-7-19-9-20-12/h4-10H,1-3H3,(H,21,26)(H,22,23,25). The van der Waals surface area contributed by atoms with Gasteiger partial charge in [0.05, 0.1) is 31.6 Å². The first-order valence-corrected chi connectivity index (χ1v) is 8.29. The molecule has 3 aromatic rings. The number of hydrogen-bond donors (Lipinski definition) is 2. The Bertz CT molecular complexity index is 1040. The van der Waals surface area contributed by atoms with Crippen molar-refractivity contribution < 1.29 is 14.3 Å². The van der Waals surface area contributed by atoms with Crippen LogP contribution in [0.15, 0.2) is 41.6 Å². The number of H-pyrrole nitrogens is 1. The lowest BCUT2D eigenvalue weighted by molar-refractivity contribution is 0.0934. The first-order valence-electron chi connectivity index (χ1n) is 8.29. The van der Waals surface area contributed by atoms with Crippen LogP contribution in [0.4, 0.5) is 0 Å². The van der Waals surface area contributed by atoms with Gasteiger partial charge in [0, 0.05) is 18.3 Å². The van der Waals surface area contributed by atoms with Crippen molar-refractivity contribution in [1.82, 2.24) is 30.2 Å². The van der Waals surface area contributed by atoms with Crippen LogP contribution >= 0.6 is 0 Å². The topological polar surface area (TPSA) is 132 Å². The van der Waals surface area contributed by atoms with E-state index in [1.165, 1.54) is 26.6 Å². The number of nitrogens with one attached hydrogen (secondary N) is 2. The number of pyridine rings is 1. The number of methoxy groups -OCH3 is 2. The third-order valence-electron chi connectivity index (χ3n) is 3.84. The SMILES string of the molecule is COc1ccc(C(=O)NC(C)c2nc(-c3ccncn3)cc(=O)[nH]2)c(OC)n1. The molecule has 3 aromatic heterocycles. The van der Waals surface area contributed by atoms with Gasteiger partial charge in [-0.05, 0) is 19.1 Å². The third kappa shape index (κ3) is 4.11. The Morgan fingerprint density at radius 1 is 1.14 bits per heavy atom. The van der Waals surface area contributed by atoms with E-state index in [9.17, 15) is 9.59 Å². The van der Waals surface area contributed by atoms with Gasteiger partial charge in [-0.15, -0.1) is 0 Å². The number of amides is 1. The van der Waals surface area contributed by atoms with Gasteiger partial charge in [0.1, 0.15) is 17.7 Å². The molecule has 0 aliphatic heterocycles. The summed E-state index contributed by atoms with van der Waals surface area (Å²) in [5.41, 5.74) is 0.751. The highest BCUT2D eigenvalue weighted by atomic mass is 16.5. The molecular formula is C18H18N6O4. The predicted octanol–water partition coefficient (Wildman–Crippen LogP) is 1.13. The van der Waals surface area contributed by atoms with Gasteiger partial charge in [-0.1, -0.05) is 0 Å². The summed E-state index contributed by atoms with van der Waals surface area (Å²) < 4.78 is 10.2. The minimum atomic E-state index is -0.589. The average Bonchev–Trinajstić information content (AvgIpc) is 2.73. The molecule has 3 heterocycles. The number of rotatable bonds is 6. The maximum absolute atomic E-state index is 12.6. The molecule has 144 valence electrons. The Hall–Kier alpha value is -3.82. The van der Waals surface area contributed by atoms with E-state index in [-0.39, 0.29) is 22.8 Å². The fourth-order valence-electron chi connectivity index (χ4n) is 2.46. The molecule has 0 aliphatic rings. The second kappa shape index (κ2) is 8.25. The summed E-state index contributed by atoms with van der Waals surface area (Å²) in [6.45, 7) is 1.70. The summed E-state index contributed by atoms with van der Waals surface area (Å²) in [4.78, 5) is 43.7. The number of carbonyl (C=O) groups excluding carboxylic acids is 1.